The molecular formula is C30H59NO11. The van der Waals surface area contributed by atoms with Gasteiger partial charge in [-0.1, -0.05) is 103 Å². The number of hydrogen-bond donors (Lipinski definition) is 9. The normalized spacial score (nSPS) is 25.6. The predicted octanol–water partition coefficient (Wildman–Crippen LogP) is 0.624. The van der Waals surface area contributed by atoms with E-state index in [0.717, 1.165) is 19.3 Å². The lowest BCUT2D eigenvalue weighted by molar-refractivity contribution is -0.326. The molecule has 250 valence electrons. The van der Waals surface area contributed by atoms with Crippen LogP contribution in [0.4, 0.5) is 0 Å². The summed E-state index contributed by atoms with van der Waals surface area (Å²) in [7, 11) is 0. The third kappa shape index (κ3) is 14.7. The maximum absolute atomic E-state index is 12.4. The summed E-state index contributed by atoms with van der Waals surface area (Å²) in [5, 5.41) is 82.2. The van der Waals surface area contributed by atoms with E-state index in [1.807, 2.05) is 0 Å². The number of hydrogen-bond acceptors (Lipinski definition) is 11. The molecule has 9 atom stereocenters. The molecule has 1 aliphatic rings. The van der Waals surface area contributed by atoms with Crippen LogP contribution in [0.5, 0.6) is 0 Å². The van der Waals surface area contributed by atoms with E-state index in [9.17, 15) is 45.6 Å². The van der Waals surface area contributed by atoms with Crippen LogP contribution >= 0.6 is 0 Å². The van der Waals surface area contributed by atoms with Gasteiger partial charge in [0.05, 0.1) is 13.2 Å². The van der Waals surface area contributed by atoms with E-state index in [2.05, 4.69) is 12.2 Å². The summed E-state index contributed by atoms with van der Waals surface area (Å²) in [6, 6.07) is 0. The van der Waals surface area contributed by atoms with Gasteiger partial charge in [0.25, 0.3) is 5.91 Å². The molecule has 0 aromatic carbocycles. The van der Waals surface area contributed by atoms with Crippen molar-refractivity contribution in [2.75, 3.05) is 19.8 Å². The van der Waals surface area contributed by atoms with Crippen molar-refractivity contribution in [2.24, 2.45) is 0 Å². The van der Waals surface area contributed by atoms with E-state index in [-0.39, 0.29) is 6.54 Å². The van der Waals surface area contributed by atoms with E-state index >= 15 is 0 Å². The molecule has 1 amide bonds. The van der Waals surface area contributed by atoms with Crippen LogP contribution < -0.4 is 5.32 Å². The molecule has 0 radical (unpaired) electrons. The average molecular weight is 610 g/mol. The molecule has 12 nitrogen and oxygen atoms in total. The Hall–Kier alpha value is -0.930. The second-order valence-corrected chi connectivity index (χ2v) is 11.6. The summed E-state index contributed by atoms with van der Waals surface area (Å²) in [6.45, 7) is 0.866. The molecule has 0 bridgehead atoms. The Morgan fingerprint density at radius 2 is 1.21 bits per heavy atom. The van der Waals surface area contributed by atoms with Gasteiger partial charge in [0.2, 0.25) is 0 Å². The van der Waals surface area contributed by atoms with E-state index < -0.39 is 74.2 Å². The van der Waals surface area contributed by atoms with Crippen molar-refractivity contribution in [2.45, 2.75) is 165 Å². The third-order valence-electron chi connectivity index (χ3n) is 7.96. The summed E-state index contributed by atoms with van der Waals surface area (Å²) in [6.07, 6.45) is 3.54. The fraction of sp³-hybridized carbons (Fsp3) is 0.967. The van der Waals surface area contributed by atoms with Crippen molar-refractivity contribution < 1.29 is 55.1 Å². The van der Waals surface area contributed by atoms with Gasteiger partial charge in [0, 0.05) is 6.54 Å². The Labute approximate surface area is 251 Å². The summed E-state index contributed by atoms with van der Waals surface area (Å²) >= 11 is 0. The van der Waals surface area contributed by atoms with Gasteiger partial charge in [-0.3, -0.25) is 4.79 Å². The van der Waals surface area contributed by atoms with E-state index in [1.165, 1.54) is 77.0 Å². The molecule has 12 heteroatoms. The molecule has 0 saturated carbocycles. The van der Waals surface area contributed by atoms with Crippen LogP contribution in [0.25, 0.3) is 0 Å². The third-order valence-corrected chi connectivity index (χ3v) is 7.96. The molecule has 2 unspecified atom stereocenters. The number of carbonyl (C=O) groups excluding carboxylic acids is 1. The lowest BCUT2D eigenvalue weighted by atomic mass is 9.98. The number of nitrogens with one attached hydrogen (secondary N) is 1. The second kappa shape index (κ2) is 23.5. The first kappa shape index (κ1) is 39.1. The van der Waals surface area contributed by atoms with Gasteiger partial charge in [-0.15, -0.1) is 0 Å². The first-order valence-corrected chi connectivity index (χ1v) is 16.1. The average Bonchev–Trinajstić information content (AvgIpc) is 2.99. The van der Waals surface area contributed by atoms with Crippen LogP contribution in [0.3, 0.4) is 0 Å². The molecule has 1 saturated heterocycles. The van der Waals surface area contributed by atoms with E-state index in [0.29, 0.717) is 6.42 Å². The number of aliphatic hydroxyl groups excluding tert-OH is 8. The van der Waals surface area contributed by atoms with Gasteiger partial charge >= 0.3 is 0 Å². The van der Waals surface area contributed by atoms with Crippen molar-refractivity contribution in [1.29, 1.82) is 0 Å². The fourth-order valence-electron chi connectivity index (χ4n) is 5.16. The van der Waals surface area contributed by atoms with Crippen LogP contribution in [0.1, 0.15) is 110 Å². The largest absolute Gasteiger partial charge is 0.394 e. The highest BCUT2D eigenvalue weighted by molar-refractivity contribution is 5.81. The molecule has 0 aliphatic carbocycles. The maximum Gasteiger partial charge on any atom is 0.251 e. The zero-order valence-electron chi connectivity index (χ0n) is 25.4. The number of aliphatic hydroxyl groups is 8. The summed E-state index contributed by atoms with van der Waals surface area (Å²) in [4.78, 5) is 12.4. The number of rotatable bonds is 25. The Balaban J connectivity index is 2.25. The molecule has 0 aromatic heterocycles. The number of carbonyl (C=O) groups is 1. The minimum atomic E-state index is -2.04. The van der Waals surface area contributed by atoms with Gasteiger partial charge in [0.1, 0.15) is 42.7 Å². The lowest BCUT2D eigenvalue weighted by Gasteiger charge is -2.42. The van der Waals surface area contributed by atoms with Crippen LogP contribution in [0.2, 0.25) is 0 Å². The lowest BCUT2D eigenvalue weighted by Crippen LogP contribution is -2.62. The fourth-order valence-corrected chi connectivity index (χ4v) is 5.16. The molecule has 0 aromatic rings. The molecule has 1 aliphatic heterocycles. The molecule has 9 N–H and O–H groups in total. The first-order valence-electron chi connectivity index (χ1n) is 16.1. The Kier molecular flexibility index (Phi) is 21.8. The molecule has 42 heavy (non-hydrogen) atoms. The van der Waals surface area contributed by atoms with E-state index in [4.69, 9.17) is 9.47 Å². The predicted molar refractivity (Wildman–Crippen MR) is 156 cm³/mol. The Bertz CT molecular complexity index is 671. The van der Waals surface area contributed by atoms with Crippen molar-refractivity contribution in [1.82, 2.24) is 5.32 Å². The van der Waals surface area contributed by atoms with Gasteiger partial charge in [0.15, 0.2) is 12.4 Å². The number of ether oxygens (including phenoxy) is 2. The molecule has 1 fully saturated rings. The van der Waals surface area contributed by atoms with Gasteiger partial charge in [-0.05, 0) is 6.42 Å². The topological polar surface area (TPSA) is 209 Å². The second-order valence-electron chi connectivity index (χ2n) is 11.6. The number of unbranched alkanes of at least 4 members (excludes halogenated alkanes) is 15. The maximum atomic E-state index is 12.4. The summed E-state index contributed by atoms with van der Waals surface area (Å²) in [5.74, 6) is -0.906. The van der Waals surface area contributed by atoms with Gasteiger partial charge in [-0.25, -0.2) is 0 Å². The van der Waals surface area contributed by atoms with Crippen LogP contribution in [-0.2, 0) is 14.3 Å². The minimum Gasteiger partial charge on any atom is -0.394 e. The highest BCUT2D eigenvalue weighted by atomic mass is 16.7. The van der Waals surface area contributed by atoms with Crippen molar-refractivity contribution in [3.63, 3.8) is 0 Å². The van der Waals surface area contributed by atoms with Crippen molar-refractivity contribution in [3.8, 4) is 0 Å². The number of amides is 1. The SMILES string of the molecule is CCCCCCCCCCCCCCCCCCNC(=O)[C@H](O)[C@@H](O)[C@H](O[C@@H]1OC(CO)[C@@H](O)[C@H](O)C1O)[C@H](O)CO. The zero-order chi connectivity index (χ0) is 31.3. The molecule has 1 rings (SSSR count). The van der Waals surface area contributed by atoms with Crippen LogP contribution in [0.15, 0.2) is 0 Å². The summed E-state index contributed by atoms with van der Waals surface area (Å²) < 4.78 is 10.5. The highest BCUT2D eigenvalue weighted by Crippen LogP contribution is 2.25. The first-order chi connectivity index (χ1) is 20.2. The molecule has 1 heterocycles. The quantitative estimate of drug-likeness (QED) is 0.0655. The van der Waals surface area contributed by atoms with Crippen molar-refractivity contribution >= 4 is 5.91 Å². The van der Waals surface area contributed by atoms with Gasteiger partial charge in [-0.2, -0.15) is 0 Å². The van der Waals surface area contributed by atoms with Crippen molar-refractivity contribution in [3.05, 3.63) is 0 Å². The van der Waals surface area contributed by atoms with Crippen LogP contribution in [-0.4, -0.2) is 122 Å². The Morgan fingerprint density at radius 1 is 0.738 bits per heavy atom. The van der Waals surface area contributed by atoms with E-state index in [1.54, 1.807) is 0 Å². The highest BCUT2D eigenvalue weighted by Gasteiger charge is 2.47. The van der Waals surface area contributed by atoms with Gasteiger partial charge < -0.3 is 55.6 Å². The summed E-state index contributed by atoms with van der Waals surface area (Å²) in [5.41, 5.74) is 0. The standard InChI is InChI=1S/C30H59NO11/c1-2-3-4-5-6-7-8-9-10-11-12-13-14-15-16-17-18-31-29(40)26(38)25(37)28(21(34)19-32)42-30-27(39)24(36)23(35)22(20-33)41-30/h21-28,30,32-39H,2-20H2,1H3,(H,31,40)/t21-,22?,23-,24+,25-,26-,27?,28-,30+/m1/s1. The monoisotopic (exact) mass is 609 g/mol. The Morgan fingerprint density at radius 3 is 1.67 bits per heavy atom. The smallest absolute Gasteiger partial charge is 0.251 e. The molecular weight excluding hydrogens is 550 g/mol. The molecule has 0 spiro atoms. The minimum absolute atomic E-state index is 0.280. The zero-order valence-corrected chi connectivity index (χ0v) is 25.4. The van der Waals surface area contributed by atoms with Crippen LogP contribution in [0, 0.1) is 0 Å².